The van der Waals surface area contributed by atoms with Crippen molar-refractivity contribution in [3.63, 3.8) is 0 Å². The number of sulfonamides is 1. The minimum Gasteiger partial charge on any atom is -0.453 e. The zero-order valence-electron chi connectivity index (χ0n) is 12.5. The third-order valence-corrected chi connectivity index (χ3v) is 4.53. The Hall–Kier alpha value is -2.61. The van der Waals surface area contributed by atoms with Crippen LogP contribution in [0.5, 0.6) is 0 Å². The summed E-state index contributed by atoms with van der Waals surface area (Å²) in [5, 5.41) is 2.44. The minimum absolute atomic E-state index is 0.130. The molecule has 1 amide bonds. The Morgan fingerprint density at radius 2 is 1.70 bits per heavy atom. The van der Waals surface area contributed by atoms with Crippen LogP contribution < -0.4 is 10.0 Å². The molecule has 0 aliphatic carbocycles. The molecular weight excluding hydrogens is 323 g/mol. The molecule has 0 fully saturated rings. The molecule has 2 aromatic carbocycles. The third-order valence-electron chi connectivity index (χ3n) is 3.01. The molecular formula is C15H15FN2O4S. The minimum atomic E-state index is -3.91. The molecule has 0 aliphatic heterocycles. The van der Waals surface area contributed by atoms with Crippen molar-refractivity contribution in [2.75, 3.05) is 17.1 Å². The summed E-state index contributed by atoms with van der Waals surface area (Å²) in [7, 11) is -2.67. The van der Waals surface area contributed by atoms with Crippen LogP contribution in [0.1, 0.15) is 5.56 Å². The lowest BCUT2D eigenvalue weighted by atomic mass is 10.2. The predicted molar refractivity (Wildman–Crippen MR) is 84.4 cm³/mol. The summed E-state index contributed by atoms with van der Waals surface area (Å²) in [5.41, 5.74) is 1.16. The van der Waals surface area contributed by atoms with Gasteiger partial charge in [-0.2, -0.15) is 0 Å². The maximum absolute atomic E-state index is 13.3. The maximum atomic E-state index is 13.3. The van der Waals surface area contributed by atoms with Gasteiger partial charge in [0.05, 0.1) is 12.0 Å². The number of methoxy groups -OCH3 is 1. The Kier molecular flexibility index (Phi) is 4.85. The van der Waals surface area contributed by atoms with Crippen LogP contribution in [0.3, 0.4) is 0 Å². The lowest BCUT2D eigenvalue weighted by Crippen LogP contribution is -2.15. The van der Waals surface area contributed by atoms with Crippen LogP contribution in [0.25, 0.3) is 0 Å². The third kappa shape index (κ3) is 4.19. The average molecular weight is 338 g/mol. The van der Waals surface area contributed by atoms with Crippen molar-refractivity contribution >= 4 is 27.5 Å². The molecule has 0 saturated heterocycles. The molecule has 122 valence electrons. The molecule has 0 atom stereocenters. The first-order valence-corrected chi connectivity index (χ1v) is 8.04. The van der Waals surface area contributed by atoms with Crippen molar-refractivity contribution in [2.45, 2.75) is 11.8 Å². The molecule has 0 heterocycles. The zero-order chi connectivity index (χ0) is 17.0. The molecule has 6 nitrogen and oxygen atoms in total. The molecule has 0 radical (unpaired) electrons. The van der Waals surface area contributed by atoms with Gasteiger partial charge in [0.2, 0.25) is 0 Å². The number of carbonyl (C=O) groups excluding carboxylic acids is 1. The molecule has 8 heteroatoms. The van der Waals surface area contributed by atoms with Crippen LogP contribution in [-0.2, 0) is 14.8 Å². The lowest BCUT2D eigenvalue weighted by molar-refractivity contribution is 0.187. The van der Waals surface area contributed by atoms with Crippen molar-refractivity contribution in [2.24, 2.45) is 0 Å². The summed E-state index contributed by atoms with van der Waals surface area (Å²) in [4.78, 5) is 10.9. The van der Waals surface area contributed by atoms with E-state index in [1.54, 1.807) is 6.92 Å². The Labute approximate surface area is 133 Å². The smallest absolute Gasteiger partial charge is 0.411 e. The van der Waals surface area contributed by atoms with Crippen LogP contribution in [0, 0.1) is 12.7 Å². The van der Waals surface area contributed by atoms with E-state index in [4.69, 9.17) is 0 Å². The SMILES string of the molecule is COC(=O)Nc1ccc(NS(=O)(=O)c2cc(F)ccc2C)cc1. The Morgan fingerprint density at radius 3 is 2.30 bits per heavy atom. The Balaban J connectivity index is 2.20. The highest BCUT2D eigenvalue weighted by Crippen LogP contribution is 2.21. The molecule has 0 aliphatic rings. The monoisotopic (exact) mass is 338 g/mol. The van der Waals surface area contributed by atoms with Crippen molar-refractivity contribution in [1.29, 1.82) is 0 Å². The van der Waals surface area contributed by atoms with E-state index in [9.17, 15) is 17.6 Å². The van der Waals surface area contributed by atoms with Crippen molar-refractivity contribution in [3.05, 3.63) is 53.8 Å². The summed E-state index contributed by atoms with van der Waals surface area (Å²) in [6, 6.07) is 9.51. The maximum Gasteiger partial charge on any atom is 0.411 e. The molecule has 0 bridgehead atoms. The van der Waals surface area contributed by atoms with Gasteiger partial charge in [0, 0.05) is 11.4 Å². The van der Waals surface area contributed by atoms with Crippen LogP contribution in [0.15, 0.2) is 47.4 Å². The first kappa shape index (κ1) is 16.8. The second kappa shape index (κ2) is 6.66. The summed E-state index contributed by atoms with van der Waals surface area (Å²) in [5.74, 6) is -0.631. The van der Waals surface area contributed by atoms with E-state index in [2.05, 4.69) is 14.8 Å². The number of benzene rings is 2. The normalized spacial score (nSPS) is 10.9. The molecule has 0 unspecified atom stereocenters. The van der Waals surface area contributed by atoms with E-state index in [1.807, 2.05) is 0 Å². The lowest BCUT2D eigenvalue weighted by Gasteiger charge is -2.11. The standard InChI is InChI=1S/C15H15FN2O4S/c1-10-3-4-11(16)9-14(10)23(20,21)18-13-7-5-12(6-8-13)17-15(19)22-2/h3-9,18H,1-2H3,(H,17,19). The number of hydrogen-bond donors (Lipinski definition) is 2. The van der Waals surface area contributed by atoms with Gasteiger partial charge in [-0.3, -0.25) is 10.0 Å². The molecule has 0 saturated carbocycles. The predicted octanol–water partition coefficient (Wildman–Crippen LogP) is 3.11. The number of aryl methyl sites for hydroxylation is 1. The molecule has 0 aromatic heterocycles. The van der Waals surface area contributed by atoms with Crippen molar-refractivity contribution < 1.29 is 22.3 Å². The van der Waals surface area contributed by atoms with Gasteiger partial charge in [-0.05, 0) is 48.9 Å². The fourth-order valence-electron chi connectivity index (χ4n) is 1.86. The number of rotatable bonds is 4. The second-order valence-electron chi connectivity index (χ2n) is 4.71. The van der Waals surface area contributed by atoms with E-state index in [0.717, 1.165) is 6.07 Å². The van der Waals surface area contributed by atoms with Crippen LogP contribution in [-0.4, -0.2) is 21.6 Å². The van der Waals surface area contributed by atoms with Crippen molar-refractivity contribution in [3.8, 4) is 0 Å². The first-order chi connectivity index (χ1) is 10.8. The van der Waals surface area contributed by atoms with Gasteiger partial charge >= 0.3 is 6.09 Å². The molecule has 2 rings (SSSR count). The highest BCUT2D eigenvalue weighted by atomic mass is 32.2. The average Bonchev–Trinajstić information content (AvgIpc) is 2.51. The quantitative estimate of drug-likeness (QED) is 0.897. The van der Waals surface area contributed by atoms with E-state index in [-0.39, 0.29) is 10.6 Å². The topological polar surface area (TPSA) is 84.5 Å². The molecule has 2 N–H and O–H groups in total. The highest BCUT2D eigenvalue weighted by molar-refractivity contribution is 7.92. The van der Waals surface area contributed by atoms with Crippen molar-refractivity contribution in [1.82, 2.24) is 0 Å². The molecule has 0 spiro atoms. The number of amides is 1. The van der Waals surface area contributed by atoms with Crippen LogP contribution >= 0.6 is 0 Å². The number of nitrogens with one attached hydrogen (secondary N) is 2. The number of halogens is 1. The van der Waals surface area contributed by atoms with E-state index in [1.165, 1.54) is 43.5 Å². The summed E-state index contributed by atoms with van der Waals surface area (Å²) < 4.78 is 44.7. The number of hydrogen-bond acceptors (Lipinski definition) is 4. The zero-order valence-corrected chi connectivity index (χ0v) is 13.3. The highest BCUT2D eigenvalue weighted by Gasteiger charge is 2.17. The van der Waals surface area contributed by atoms with E-state index < -0.39 is 21.9 Å². The van der Waals surface area contributed by atoms with Gasteiger partial charge in [0.15, 0.2) is 0 Å². The number of carbonyl (C=O) groups is 1. The Morgan fingerprint density at radius 1 is 1.09 bits per heavy atom. The second-order valence-corrected chi connectivity index (χ2v) is 6.36. The van der Waals surface area contributed by atoms with Gasteiger partial charge in [-0.25, -0.2) is 17.6 Å². The van der Waals surface area contributed by atoms with Gasteiger partial charge in [-0.1, -0.05) is 6.07 Å². The first-order valence-electron chi connectivity index (χ1n) is 6.56. The largest absolute Gasteiger partial charge is 0.453 e. The van der Waals surface area contributed by atoms with E-state index in [0.29, 0.717) is 11.3 Å². The van der Waals surface area contributed by atoms with Crippen LogP contribution in [0.4, 0.5) is 20.6 Å². The van der Waals surface area contributed by atoms with Gasteiger partial charge in [-0.15, -0.1) is 0 Å². The van der Waals surface area contributed by atoms with Gasteiger partial charge in [0.1, 0.15) is 5.82 Å². The molecule has 2 aromatic rings. The van der Waals surface area contributed by atoms with E-state index >= 15 is 0 Å². The number of ether oxygens (including phenoxy) is 1. The summed E-state index contributed by atoms with van der Waals surface area (Å²) in [6.45, 7) is 1.58. The molecule has 23 heavy (non-hydrogen) atoms. The van der Waals surface area contributed by atoms with Crippen LogP contribution in [0.2, 0.25) is 0 Å². The fourth-order valence-corrected chi connectivity index (χ4v) is 3.18. The number of anilines is 2. The Bertz CT molecular complexity index is 820. The summed E-state index contributed by atoms with van der Waals surface area (Å²) in [6.07, 6.45) is -0.631. The fraction of sp³-hybridized carbons (Fsp3) is 0.133. The van der Waals surface area contributed by atoms with Gasteiger partial charge < -0.3 is 4.74 Å². The summed E-state index contributed by atoms with van der Waals surface area (Å²) >= 11 is 0. The van der Waals surface area contributed by atoms with Gasteiger partial charge in [0.25, 0.3) is 10.0 Å².